The Labute approximate surface area is 66.2 Å². The summed E-state index contributed by atoms with van der Waals surface area (Å²) in [6.07, 6.45) is 0. The Bertz CT molecular complexity index is 215. The fourth-order valence-corrected chi connectivity index (χ4v) is 1.01. The maximum absolute atomic E-state index is 4.16. The molecule has 0 bridgehead atoms. The summed E-state index contributed by atoms with van der Waals surface area (Å²) in [7, 11) is 0. The van der Waals surface area contributed by atoms with Crippen LogP contribution in [0.2, 0.25) is 0 Å². The molecular formula is C7H10N2S. The molecule has 0 aliphatic rings. The van der Waals surface area contributed by atoms with Gasteiger partial charge in [-0.05, 0) is 31.5 Å². The lowest BCUT2D eigenvalue weighted by molar-refractivity contribution is 1.19. The van der Waals surface area contributed by atoms with Crippen molar-refractivity contribution in [3.63, 3.8) is 0 Å². The van der Waals surface area contributed by atoms with E-state index in [-0.39, 0.29) is 0 Å². The molecule has 0 unspecified atom stereocenters. The second kappa shape index (κ2) is 2.92. The number of hydrogen-bond donors (Lipinski definition) is 2. The lowest BCUT2D eigenvalue weighted by Crippen LogP contribution is -1.89. The maximum Gasteiger partial charge on any atom is 0.136 e. The molecule has 1 aromatic heterocycles. The Balaban J connectivity index is 3.06. The smallest absolute Gasteiger partial charge is 0.136 e. The lowest BCUT2D eigenvalue weighted by atomic mass is 10.2. The molecule has 1 N–H and O–H groups in total. The van der Waals surface area contributed by atoms with Gasteiger partial charge in [0.05, 0.1) is 0 Å². The van der Waals surface area contributed by atoms with Crippen LogP contribution in [0.5, 0.6) is 0 Å². The topological polar surface area (TPSA) is 24.9 Å². The van der Waals surface area contributed by atoms with Crippen molar-refractivity contribution < 1.29 is 0 Å². The first kappa shape index (κ1) is 7.41. The van der Waals surface area contributed by atoms with Gasteiger partial charge in [0.1, 0.15) is 5.82 Å². The molecule has 2 nitrogen and oxygen atoms in total. The highest BCUT2D eigenvalue weighted by molar-refractivity contribution is 7.81. The van der Waals surface area contributed by atoms with Crippen LogP contribution in [0.25, 0.3) is 0 Å². The van der Waals surface area contributed by atoms with E-state index in [0.29, 0.717) is 0 Å². The molecular weight excluding hydrogens is 144 g/mol. The van der Waals surface area contributed by atoms with E-state index >= 15 is 0 Å². The Morgan fingerprint density at radius 3 is 2.60 bits per heavy atom. The van der Waals surface area contributed by atoms with Crippen molar-refractivity contribution in [2.45, 2.75) is 13.8 Å². The predicted molar refractivity (Wildman–Crippen MR) is 46.3 cm³/mol. The Morgan fingerprint density at radius 1 is 1.40 bits per heavy atom. The van der Waals surface area contributed by atoms with E-state index in [0.717, 1.165) is 11.5 Å². The third-order valence-corrected chi connectivity index (χ3v) is 1.44. The Morgan fingerprint density at radius 2 is 2.10 bits per heavy atom. The van der Waals surface area contributed by atoms with Gasteiger partial charge in [-0.1, -0.05) is 12.8 Å². The molecule has 1 heterocycles. The minimum absolute atomic E-state index is 0.806. The van der Waals surface area contributed by atoms with E-state index in [1.165, 1.54) is 5.56 Å². The maximum atomic E-state index is 4.16. The zero-order valence-corrected chi connectivity index (χ0v) is 6.94. The van der Waals surface area contributed by atoms with Gasteiger partial charge in [0.15, 0.2) is 0 Å². The van der Waals surface area contributed by atoms with Crippen LogP contribution in [0.3, 0.4) is 0 Å². The minimum Gasteiger partial charge on any atom is -0.317 e. The van der Waals surface area contributed by atoms with Gasteiger partial charge in [0.25, 0.3) is 0 Å². The molecule has 0 aliphatic carbocycles. The van der Waals surface area contributed by atoms with Crippen LogP contribution in [0.1, 0.15) is 11.3 Å². The van der Waals surface area contributed by atoms with Gasteiger partial charge in [-0.15, -0.1) is 0 Å². The molecule has 54 valence electrons. The number of nitrogens with zero attached hydrogens (tertiary/aromatic N) is 1. The van der Waals surface area contributed by atoms with Crippen molar-refractivity contribution in [1.82, 2.24) is 4.98 Å². The van der Waals surface area contributed by atoms with Crippen LogP contribution in [-0.4, -0.2) is 4.98 Å². The molecule has 0 amide bonds. The summed E-state index contributed by atoms with van der Waals surface area (Å²) in [4.78, 5) is 4.16. The van der Waals surface area contributed by atoms with Crippen molar-refractivity contribution in [3.8, 4) is 0 Å². The second-order valence-electron chi connectivity index (χ2n) is 2.28. The normalized spacial score (nSPS) is 9.50. The summed E-state index contributed by atoms with van der Waals surface area (Å²) < 4.78 is 2.69. The quantitative estimate of drug-likeness (QED) is 0.604. The fourth-order valence-electron chi connectivity index (χ4n) is 0.899. The first-order valence-electron chi connectivity index (χ1n) is 3.08. The van der Waals surface area contributed by atoms with E-state index < -0.39 is 0 Å². The average Bonchev–Trinajstić information content (AvgIpc) is 1.85. The summed E-state index contributed by atoms with van der Waals surface area (Å²) in [5.41, 5.74) is 2.21. The highest BCUT2D eigenvalue weighted by Crippen LogP contribution is 2.08. The van der Waals surface area contributed by atoms with Gasteiger partial charge in [-0.3, -0.25) is 0 Å². The van der Waals surface area contributed by atoms with Crippen molar-refractivity contribution in [2.75, 3.05) is 4.72 Å². The molecule has 0 saturated carbocycles. The highest BCUT2D eigenvalue weighted by Gasteiger charge is 1.92. The first-order valence-corrected chi connectivity index (χ1v) is 3.52. The molecule has 3 heteroatoms. The van der Waals surface area contributed by atoms with Gasteiger partial charge < -0.3 is 4.72 Å². The number of aryl methyl sites for hydroxylation is 2. The molecule has 1 aromatic rings. The van der Waals surface area contributed by atoms with Crippen molar-refractivity contribution in [2.24, 2.45) is 0 Å². The highest BCUT2D eigenvalue weighted by atomic mass is 32.1. The number of anilines is 1. The lowest BCUT2D eigenvalue weighted by Gasteiger charge is -2.00. The largest absolute Gasteiger partial charge is 0.317 e. The number of pyridine rings is 1. The number of hydrogen-bond acceptors (Lipinski definition) is 3. The van der Waals surface area contributed by atoms with Crippen molar-refractivity contribution in [3.05, 3.63) is 23.4 Å². The van der Waals surface area contributed by atoms with Crippen LogP contribution in [-0.2, 0) is 0 Å². The fraction of sp³-hybridized carbons (Fsp3) is 0.286. The zero-order valence-electron chi connectivity index (χ0n) is 6.05. The SMILES string of the molecule is Cc1cc(C)nc(NS)c1. The second-order valence-corrected chi connectivity index (χ2v) is 2.51. The molecule has 0 spiro atoms. The van der Waals surface area contributed by atoms with Crippen LogP contribution in [0.15, 0.2) is 12.1 Å². The van der Waals surface area contributed by atoms with E-state index in [9.17, 15) is 0 Å². The molecule has 0 radical (unpaired) electrons. The Hall–Kier alpha value is -0.700. The number of thiol groups is 1. The summed E-state index contributed by atoms with van der Waals surface area (Å²) in [6.45, 7) is 3.99. The van der Waals surface area contributed by atoms with Crippen LogP contribution >= 0.6 is 12.8 Å². The molecule has 10 heavy (non-hydrogen) atoms. The van der Waals surface area contributed by atoms with Crippen LogP contribution in [0, 0.1) is 13.8 Å². The number of aromatic nitrogens is 1. The van der Waals surface area contributed by atoms with Gasteiger partial charge in [-0.25, -0.2) is 4.98 Å². The van der Waals surface area contributed by atoms with Crippen molar-refractivity contribution in [1.29, 1.82) is 0 Å². The standard InChI is InChI=1S/C7H10N2S/c1-5-3-6(2)8-7(4-5)9-10/h3-4,10H,1-2H3,(H,8,9). The summed E-state index contributed by atoms with van der Waals surface area (Å²) >= 11 is 3.89. The molecule has 0 atom stereocenters. The first-order chi connectivity index (χ1) is 4.72. The number of nitrogens with one attached hydrogen (secondary N) is 1. The molecule has 0 aromatic carbocycles. The molecule has 0 saturated heterocycles. The predicted octanol–water partition coefficient (Wildman–Crippen LogP) is 1.96. The average molecular weight is 154 g/mol. The summed E-state index contributed by atoms with van der Waals surface area (Å²) in [5, 5.41) is 0. The van der Waals surface area contributed by atoms with Crippen molar-refractivity contribution >= 4 is 18.6 Å². The van der Waals surface area contributed by atoms with E-state index in [1.54, 1.807) is 0 Å². The van der Waals surface area contributed by atoms with Gasteiger partial charge in [-0.2, -0.15) is 0 Å². The van der Waals surface area contributed by atoms with Crippen LogP contribution < -0.4 is 4.72 Å². The van der Waals surface area contributed by atoms with Gasteiger partial charge >= 0.3 is 0 Å². The van der Waals surface area contributed by atoms with Crippen LogP contribution in [0.4, 0.5) is 5.82 Å². The summed E-state index contributed by atoms with van der Waals surface area (Å²) in [5.74, 6) is 0.806. The van der Waals surface area contributed by atoms with Gasteiger partial charge in [0.2, 0.25) is 0 Å². The zero-order chi connectivity index (χ0) is 7.56. The van der Waals surface area contributed by atoms with Gasteiger partial charge in [0, 0.05) is 5.69 Å². The van der Waals surface area contributed by atoms with E-state index in [4.69, 9.17) is 0 Å². The third kappa shape index (κ3) is 1.64. The monoisotopic (exact) mass is 154 g/mol. The molecule has 0 aliphatic heterocycles. The number of rotatable bonds is 1. The molecule has 0 fully saturated rings. The van der Waals surface area contributed by atoms with E-state index in [1.807, 2.05) is 26.0 Å². The molecule has 1 rings (SSSR count). The Kier molecular flexibility index (Phi) is 2.17. The summed E-state index contributed by atoms with van der Waals surface area (Å²) in [6, 6.07) is 3.97. The van der Waals surface area contributed by atoms with E-state index in [2.05, 4.69) is 22.5 Å². The third-order valence-electron chi connectivity index (χ3n) is 1.21. The minimum atomic E-state index is 0.806.